The molecule has 0 atom stereocenters. The molecule has 0 radical (unpaired) electrons. The summed E-state index contributed by atoms with van der Waals surface area (Å²) in [6, 6.07) is 15.5. The second kappa shape index (κ2) is 11.2. The number of hydrogen-bond acceptors (Lipinski definition) is 5. The predicted octanol–water partition coefficient (Wildman–Crippen LogP) is 4.80. The van der Waals surface area contributed by atoms with Crippen LogP contribution in [0.25, 0.3) is 0 Å². The molecular weight excluding hydrogens is 404 g/mol. The minimum Gasteiger partial charge on any atom is -0.493 e. The molecule has 6 heteroatoms. The van der Waals surface area contributed by atoms with Crippen LogP contribution < -0.4 is 19.5 Å². The van der Waals surface area contributed by atoms with Crippen molar-refractivity contribution in [3.8, 4) is 17.2 Å². The first-order valence-electron chi connectivity index (χ1n) is 10.6. The number of carbonyl (C=O) groups is 1. The molecule has 2 aromatic carbocycles. The van der Waals surface area contributed by atoms with Crippen molar-refractivity contribution < 1.29 is 19.0 Å². The number of benzene rings is 2. The van der Waals surface area contributed by atoms with E-state index in [1.165, 1.54) is 5.56 Å². The lowest BCUT2D eigenvalue weighted by molar-refractivity contribution is -0.123. The van der Waals surface area contributed by atoms with Crippen molar-refractivity contribution in [3.05, 3.63) is 83.2 Å². The Labute approximate surface area is 189 Å². The molecule has 32 heavy (non-hydrogen) atoms. The number of hydrogen-bond donors (Lipinski definition) is 1. The number of pyridine rings is 1. The van der Waals surface area contributed by atoms with Gasteiger partial charge in [0.1, 0.15) is 12.4 Å². The normalized spacial score (nSPS) is 10.7. The maximum Gasteiger partial charge on any atom is 0.258 e. The summed E-state index contributed by atoms with van der Waals surface area (Å²) in [5.41, 5.74) is 4.12. The van der Waals surface area contributed by atoms with Gasteiger partial charge < -0.3 is 19.5 Å². The van der Waals surface area contributed by atoms with Crippen molar-refractivity contribution in [2.45, 2.75) is 39.8 Å². The van der Waals surface area contributed by atoms with Crippen LogP contribution in [0.5, 0.6) is 17.2 Å². The molecule has 0 saturated heterocycles. The second-order valence-electron chi connectivity index (χ2n) is 7.87. The van der Waals surface area contributed by atoms with Gasteiger partial charge >= 0.3 is 0 Å². The SMILES string of the molecule is COc1cc(CNC(=O)COc2cc(C(C)C)ccc2C)ccc1OCc1ccncc1. The number of methoxy groups -OCH3 is 1. The number of nitrogens with zero attached hydrogens (tertiary/aromatic N) is 1. The highest BCUT2D eigenvalue weighted by Gasteiger charge is 2.10. The topological polar surface area (TPSA) is 69.7 Å². The van der Waals surface area contributed by atoms with Crippen molar-refractivity contribution in [2.24, 2.45) is 0 Å². The molecular formula is C26H30N2O4. The van der Waals surface area contributed by atoms with Gasteiger partial charge in [-0.15, -0.1) is 0 Å². The van der Waals surface area contributed by atoms with E-state index in [9.17, 15) is 4.79 Å². The maximum atomic E-state index is 12.3. The minimum absolute atomic E-state index is 0.0351. The first-order valence-corrected chi connectivity index (χ1v) is 10.6. The lowest BCUT2D eigenvalue weighted by Crippen LogP contribution is -2.28. The highest BCUT2D eigenvalue weighted by atomic mass is 16.5. The van der Waals surface area contributed by atoms with Crippen LogP contribution in [0.1, 0.15) is 42.0 Å². The van der Waals surface area contributed by atoms with Crippen LogP contribution >= 0.6 is 0 Å². The third kappa shape index (κ3) is 6.48. The van der Waals surface area contributed by atoms with Crippen LogP contribution in [0.15, 0.2) is 60.9 Å². The Morgan fingerprint density at radius 3 is 2.44 bits per heavy atom. The first kappa shape index (κ1) is 23.1. The fraction of sp³-hybridized carbons (Fsp3) is 0.308. The zero-order chi connectivity index (χ0) is 22.9. The molecule has 3 aromatic rings. The Hall–Kier alpha value is -3.54. The van der Waals surface area contributed by atoms with E-state index in [2.05, 4.69) is 30.2 Å². The van der Waals surface area contributed by atoms with Gasteiger partial charge in [-0.25, -0.2) is 0 Å². The summed E-state index contributed by atoms with van der Waals surface area (Å²) in [6.07, 6.45) is 3.46. The number of rotatable bonds is 10. The van der Waals surface area contributed by atoms with E-state index in [-0.39, 0.29) is 12.5 Å². The van der Waals surface area contributed by atoms with E-state index in [0.717, 1.165) is 22.4 Å². The first-order chi connectivity index (χ1) is 15.5. The molecule has 6 nitrogen and oxygen atoms in total. The summed E-state index contributed by atoms with van der Waals surface area (Å²) in [6.45, 7) is 6.99. The van der Waals surface area contributed by atoms with E-state index < -0.39 is 0 Å². The van der Waals surface area contributed by atoms with E-state index in [4.69, 9.17) is 14.2 Å². The minimum atomic E-state index is -0.184. The van der Waals surface area contributed by atoms with Crippen molar-refractivity contribution in [1.29, 1.82) is 0 Å². The summed E-state index contributed by atoms with van der Waals surface area (Å²) >= 11 is 0. The van der Waals surface area contributed by atoms with Crippen molar-refractivity contribution in [2.75, 3.05) is 13.7 Å². The smallest absolute Gasteiger partial charge is 0.258 e. The number of aromatic nitrogens is 1. The largest absolute Gasteiger partial charge is 0.493 e. The van der Waals surface area contributed by atoms with Gasteiger partial charge in [0.05, 0.1) is 7.11 Å². The van der Waals surface area contributed by atoms with E-state index in [1.54, 1.807) is 19.5 Å². The van der Waals surface area contributed by atoms with Gasteiger partial charge in [0.25, 0.3) is 5.91 Å². The molecule has 1 amide bonds. The van der Waals surface area contributed by atoms with Gasteiger partial charge in [-0.2, -0.15) is 0 Å². The Morgan fingerprint density at radius 1 is 0.938 bits per heavy atom. The molecule has 0 fully saturated rings. The molecule has 3 rings (SSSR count). The van der Waals surface area contributed by atoms with Crippen LogP contribution in [-0.2, 0) is 17.9 Å². The standard InChI is InChI=1S/C26H30N2O4/c1-18(2)22-7-5-19(3)24(14-22)32-17-26(29)28-15-21-6-8-23(25(13-21)30-4)31-16-20-9-11-27-12-10-20/h5-14,18H,15-17H2,1-4H3,(H,28,29). The number of amides is 1. The molecule has 1 N–H and O–H groups in total. The van der Waals surface area contributed by atoms with Gasteiger partial charge in [-0.1, -0.05) is 32.0 Å². The molecule has 1 aromatic heterocycles. The summed E-state index contributed by atoms with van der Waals surface area (Å²) in [5.74, 6) is 2.21. The van der Waals surface area contributed by atoms with Crippen molar-refractivity contribution in [3.63, 3.8) is 0 Å². The Kier molecular flexibility index (Phi) is 8.08. The Bertz CT molecular complexity index is 1040. The van der Waals surface area contributed by atoms with Crippen molar-refractivity contribution >= 4 is 5.91 Å². The van der Waals surface area contributed by atoms with Gasteiger partial charge in [0, 0.05) is 18.9 Å². The zero-order valence-corrected chi connectivity index (χ0v) is 19.1. The number of ether oxygens (including phenoxy) is 3. The average Bonchev–Trinajstić information content (AvgIpc) is 2.81. The van der Waals surface area contributed by atoms with E-state index in [1.807, 2.05) is 49.4 Å². The van der Waals surface area contributed by atoms with Gasteiger partial charge in [-0.05, 0) is 65.4 Å². The van der Waals surface area contributed by atoms with Crippen LogP contribution in [-0.4, -0.2) is 24.6 Å². The number of nitrogens with one attached hydrogen (secondary N) is 1. The molecule has 0 bridgehead atoms. The summed E-state index contributed by atoms with van der Waals surface area (Å²) < 4.78 is 17.1. The monoisotopic (exact) mass is 434 g/mol. The Morgan fingerprint density at radius 2 is 1.72 bits per heavy atom. The quantitative estimate of drug-likeness (QED) is 0.497. The fourth-order valence-electron chi connectivity index (χ4n) is 3.11. The highest BCUT2D eigenvalue weighted by Crippen LogP contribution is 2.29. The van der Waals surface area contributed by atoms with Gasteiger partial charge in [0.15, 0.2) is 18.1 Å². The molecule has 0 spiro atoms. The second-order valence-corrected chi connectivity index (χ2v) is 7.87. The Balaban J connectivity index is 1.52. The van der Waals surface area contributed by atoms with Crippen LogP contribution in [0.2, 0.25) is 0 Å². The fourth-order valence-corrected chi connectivity index (χ4v) is 3.11. The van der Waals surface area contributed by atoms with E-state index in [0.29, 0.717) is 30.6 Å². The van der Waals surface area contributed by atoms with Gasteiger partial charge in [-0.3, -0.25) is 9.78 Å². The number of aryl methyl sites for hydroxylation is 1. The third-order valence-electron chi connectivity index (χ3n) is 5.10. The predicted molar refractivity (Wildman–Crippen MR) is 124 cm³/mol. The number of carbonyl (C=O) groups excluding carboxylic acids is 1. The molecule has 0 aliphatic heterocycles. The highest BCUT2D eigenvalue weighted by molar-refractivity contribution is 5.77. The summed E-state index contributed by atoms with van der Waals surface area (Å²) in [7, 11) is 1.60. The van der Waals surface area contributed by atoms with Gasteiger partial charge in [0.2, 0.25) is 0 Å². The molecule has 0 aliphatic carbocycles. The van der Waals surface area contributed by atoms with Crippen molar-refractivity contribution in [1.82, 2.24) is 10.3 Å². The zero-order valence-electron chi connectivity index (χ0n) is 19.1. The molecule has 0 saturated carbocycles. The average molecular weight is 435 g/mol. The van der Waals surface area contributed by atoms with Crippen LogP contribution in [0.3, 0.4) is 0 Å². The molecule has 1 heterocycles. The van der Waals surface area contributed by atoms with Crippen LogP contribution in [0, 0.1) is 6.92 Å². The lowest BCUT2D eigenvalue weighted by Gasteiger charge is -2.14. The van der Waals surface area contributed by atoms with Crippen LogP contribution in [0.4, 0.5) is 0 Å². The van der Waals surface area contributed by atoms with E-state index >= 15 is 0 Å². The third-order valence-corrected chi connectivity index (χ3v) is 5.10. The molecule has 0 aliphatic rings. The molecule has 168 valence electrons. The molecule has 0 unspecified atom stereocenters. The summed E-state index contributed by atoms with van der Waals surface area (Å²) in [5, 5.41) is 2.89. The summed E-state index contributed by atoms with van der Waals surface area (Å²) in [4.78, 5) is 16.3. The lowest BCUT2D eigenvalue weighted by atomic mass is 10.0. The maximum absolute atomic E-state index is 12.3.